The summed E-state index contributed by atoms with van der Waals surface area (Å²) in [7, 11) is 0. The zero-order chi connectivity index (χ0) is 16.3. The SMILES string of the molecule is CC(C)c1c(O)cc(/C(=C\c2ccccc2)C(=O)O)cc1O. The highest BCUT2D eigenvalue weighted by Crippen LogP contribution is 2.37. The number of phenols is 2. The van der Waals surface area contributed by atoms with Gasteiger partial charge in [0.2, 0.25) is 0 Å². The topological polar surface area (TPSA) is 77.8 Å². The Labute approximate surface area is 129 Å². The van der Waals surface area contributed by atoms with Gasteiger partial charge in [0.25, 0.3) is 0 Å². The number of hydrogen-bond donors (Lipinski definition) is 3. The lowest BCUT2D eigenvalue weighted by Gasteiger charge is -2.13. The quantitative estimate of drug-likeness (QED) is 0.592. The van der Waals surface area contributed by atoms with Crippen LogP contribution in [0.3, 0.4) is 0 Å². The van der Waals surface area contributed by atoms with E-state index in [1.807, 2.05) is 32.0 Å². The Morgan fingerprint density at radius 2 is 1.59 bits per heavy atom. The molecule has 0 aliphatic rings. The summed E-state index contributed by atoms with van der Waals surface area (Å²) >= 11 is 0. The molecular weight excluding hydrogens is 280 g/mol. The van der Waals surface area contributed by atoms with Crippen molar-refractivity contribution in [3.63, 3.8) is 0 Å². The van der Waals surface area contributed by atoms with E-state index in [1.165, 1.54) is 18.2 Å². The number of carboxylic acid groups (broad SMARTS) is 1. The largest absolute Gasteiger partial charge is 0.507 e. The maximum absolute atomic E-state index is 11.5. The standard InChI is InChI=1S/C18H18O4/c1-11(2)17-15(19)9-13(10-16(17)20)14(18(21)22)8-12-6-4-3-5-7-12/h3-11,19-20H,1-2H3,(H,21,22)/b14-8+. The predicted octanol–water partition coefficient (Wildman–Crippen LogP) is 3.85. The third kappa shape index (κ3) is 3.28. The van der Waals surface area contributed by atoms with E-state index < -0.39 is 5.97 Å². The Morgan fingerprint density at radius 3 is 2.05 bits per heavy atom. The molecule has 2 aromatic rings. The molecule has 0 saturated carbocycles. The zero-order valence-corrected chi connectivity index (χ0v) is 12.4. The molecule has 0 amide bonds. The van der Waals surface area contributed by atoms with E-state index in [0.717, 1.165) is 5.56 Å². The highest BCUT2D eigenvalue weighted by atomic mass is 16.4. The van der Waals surface area contributed by atoms with Gasteiger partial charge >= 0.3 is 5.97 Å². The van der Waals surface area contributed by atoms with Crippen LogP contribution in [0, 0.1) is 0 Å². The Morgan fingerprint density at radius 1 is 1.05 bits per heavy atom. The van der Waals surface area contributed by atoms with Gasteiger partial charge in [0.15, 0.2) is 0 Å². The van der Waals surface area contributed by atoms with E-state index in [0.29, 0.717) is 5.56 Å². The number of hydrogen-bond acceptors (Lipinski definition) is 3. The van der Waals surface area contributed by atoms with Crippen LogP contribution < -0.4 is 0 Å². The molecule has 0 bridgehead atoms. The zero-order valence-electron chi connectivity index (χ0n) is 12.4. The first-order valence-electron chi connectivity index (χ1n) is 6.96. The Bertz CT molecular complexity index is 692. The van der Waals surface area contributed by atoms with E-state index in [1.54, 1.807) is 12.1 Å². The molecule has 0 aliphatic heterocycles. The van der Waals surface area contributed by atoms with Crippen molar-refractivity contribution < 1.29 is 20.1 Å². The van der Waals surface area contributed by atoms with E-state index in [4.69, 9.17) is 0 Å². The predicted molar refractivity (Wildman–Crippen MR) is 85.8 cm³/mol. The average Bonchev–Trinajstić information content (AvgIpc) is 2.44. The molecule has 0 aliphatic carbocycles. The third-order valence-electron chi connectivity index (χ3n) is 3.37. The molecule has 3 N–H and O–H groups in total. The van der Waals surface area contributed by atoms with Crippen molar-refractivity contribution in [1.29, 1.82) is 0 Å². The minimum atomic E-state index is -1.13. The number of carbonyl (C=O) groups is 1. The Kier molecular flexibility index (Phi) is 4.51. The summed E-state index contributed by atoms with van der Waals surface area (Å²) in [5.74, 6) is -1.41. The van der Waals surface area contributed by atoms with E-state index >= 15 is 0 Å². The van der Waals surface area contributed by atoms with Crippen LogP contribution in [0.4, 0.5) is 0 Å². The van der Waals surface area contributed by atoms with Gasteiger partial charge in [-0.3, -0.25) is 0 Å². The van der Waals surface area contributed by atoms with Gasteiger partial charge in [-0.25, -0.2) is 4.79 Å². The fourth-order valence-electron chi connectivity index (χ4n) is 2.35. The lowest BCUT2D eigenvalue weighted by atomic mass is 9.95. The highest BCUT2D eigenvalue weighted by molar-refractivity contribution is 6.20. The van der Waals surface area contributed by atoms with Gasteiger partial charge in [0.1, 0.15) is 11.5 Å². The van der Waals surface area contributed by atoms with Gasteiger partial charge in [0, 0.05) is 5.56 Å². The van der Waals surface area contributed by atoms with E-state index in [9.17, 15) is 20.1 Å². The summed E-state index contributed by atoms with van der Waals surface area (Å²) in [6, 6.07) is 11.8. The summed E-state index contributed by atoms with van der Waals surface area (Å²) in [6.45, 7) is 3.68. The fraction of sp³-hybridized carbons (Fsp3) is 0.167. The summed E-state index contributed by atoms with van der Waals surface area (Å²) in [5.41, 5.74) is 1.41. The Hall–Kier alpha value is -2.75. The lowest BCUT2D eigenvalue weighted by molar-refractivity contribution is -0.130. The molecule has 0 unspecified atom stereocenters. The smallest absolute Gasteiger partial charge is 0.336 e. The van der Waals surface area contributed by atoms with Gasteiger partial charge in [-0.1, -0.05) is 44.2 Å². The molecular formula is C18H18O4. The van der Waals surface area contributed by atoms with Gasteiger partial charge in [0.05, 0.1) is 5.57 Å². The van der Waals surface area contributed by atoms with Crippen LogP contribution in [-0.2, 0) is 4.79 Å². The van der Waals surface area contributed by atoms with Crippen molar-refractivity contribution in [3.8, 4) is 11.5 Å². The molecule has 0 aromatic heterocycles. The maximum atomic E-state index is 11.5. The van der Waals surface area contributed by atoms with Crippen LogP contribution in [0.15, 0.2) is 42.5 Å². The van der Waals surface area contributed by atoms with E-state index in [-0.39, 0.29) is 28.6 Å². The van der Waals surface area contributed by atoms with Crippen molar-refractivity contribution in [2.45, 2.75) is 19.8 Å². The fourth-order valence-corrected chi connectivity index (χ4v) is 2.35. The van der Waals surface area contributed by atoms with Crippen molar-refractivity contribution >= 4 is 17.6 Å². The Balaban J connectivity index is 2.56. The van der Waals surface area contributed by atoms with Gasteiger partial charge in [-0.15, -0.1) is 0 Å². The number of phenolic OH excluding ortho intramolecular Hbond substituents is 2. The summed E-state index contributed by atoms with van der Waals surface area (Å²) in [5, 5.41) is 29.5. The average molecular weight is 298 g/mol. The van der Waals surface area contributed by atoms with Crippen molar-refractivity contribution in [1.82, 2.24) is 0 Å². The van der Waals surface area contributed by atoms with Crippen LogP contribution in [0.1, 0.15) is 36.5 Å². The minimum absolute atomic E-state index is 0.00658. The third-order valence-corrected chi connectivity index (χ3v) is 3.37. The number of aromatic hydroxyl groups is 2. The lowest BCUT2D eigenvalue weighted by Crippen LogP contribution is -2.01. The normalized spacial score (nSPS) is 11.7. The number of rotatable bonds is 4. The van der Waals surface area contributed by atoms with Crippen molar-refractivity contribution in [3.05, 3.63) is 59.2 Å². The molecule has 22 heavy (non-hydrogen) atoms. The first kappa shape index (κ1) is 15.6. The van der Waals surface area contributed by atoms with E-state index in [2.05, 4.69) is 0 Å². The van der Waals surface area contributed by atoms with Crippen molar-refractivity contribution in [2.24, 2.45) is 0 Å². The summed E-state index contributed by atoms with van der Waals surface area (Å²) < 4.78 is 0. The highest BCUT2D eigenvalue weighted by Gasteiger charge is 2.18. The van der Waals surface area contributed by atoms with Crippen LogP contribution in [0.25, 0.3) is 11.6 Å². The molecule has 2 aromatic carbocycles. The molecule has 0 radical (unpaired) electrons. The molecule has 0 spiro atoms. The first-order valence-corrected chi connectivity index (χ1v) is 6.96. The second-order valence-corrected chi connectivity index (χ2v) is 5.36. The van der Waals surface area contributed by atoms with Gasteiger partial charge in [-0.05, 0) is 35.3 Å². The molecule has 4 nitrogen and oxygen atoms in total. The van der Waals surface area contributed by atoms with Crippen LogP contribution in [0.5, 0.6) is 11.5 Å². The molecule has 0 heterocycles. The molecule has 4 heteroatoms. The van der Waals surface area contributed by atoms with Gasteiger partial charge < -0.3 is 15.3 Å². The molecule has 0 saturated heterocycles. The number of aliphatic carboxylic acids is 1. The summed E-state index contributed by atoms with van der Waals surface area (Å²) in [4.78, 5) is 11.5. The second kappa shape index (κ2) is 6.35. The summed E-state index contributed by atoms with van der Waals surface area (Å²) in [6.07, 6.45) is 1.51. The molecule has 2 rings (SSSR count). The van der Waals surface area contributed by atoms with Gasteiger partial charge in [-0.2, -0.15) is 0 Å². The number of benzene rings is 2. The second-order valence-electron chi connectivity index (χ2n) is 5.36. The van der Waals surface area contributed by atoms with Crippen LogP contribution in [-0.4, -0.2) is 21.3 Å². The number of carboxylic acids is 1. The monoisotopic (exact) mass is 298 g/mol. The molecule has 0 atom stereocenters. The van der Waals surface area contributed by atoms with Crippen LogP contribution in [0.2, 0.25) is 0 Å². The molecule has 0 fully saturated rings. The first-order chi connectivity index (χ1) is 10.4. The van der Waals surface area contributed by atoms with Crippen LogP contribution >= 0.6 is 0 Å². The minimum Gasteiger partial charge on any atom is -0.507 e. The molecule has 114 valence electrons. The maximum Gasteiger partial charge on any atom is 0.336 e. The van der Waals surface area contributed by atoms with Crippen molar-refractivity contribution in [2.75, 3.05) is 0 Å².